The van der Waals surface area contributed by atoms with Gasteiger partial charge in [0.25, 0.3) is 0 Å². The molecule has 0 aromatic heterocycles. The highest BCUT2D eigenvalue weighted by Gasteiger charge is 2.52. The number of ether oxygens (including phenoxy) is 4. The number of ketones is 1. The van der Waals surface area contributed by atoms with Crippen molar-refractivity contribution in [3.63, 3.8) is 0 Å². The van der Waals surface area contributed by atoms with E-state index in [1.165, 1.54) is 0 Å². The van der Waals surface area contributed by atoms with E-state index in [1.54, 1.807) is 0 Å². The van der Waals surface area contributed by atoms with Crippen LogP contribution >= 0.6 is 0 Å². The molecule has 0 radical (unpaired) electrons. The molecule has 34 heavy (non-hydrogen) atoms. The Balaban J connectivity index is 1.54. The third-order valence-corrected chi connectivity index (χ3v) is 8.27. The van der Waals surface area contributed by atoms with Crippen LogP contribution in [0.3, 0.4) is 0 Å². The number of fused-ring (bicyclic) bond motifs is 1. The summed E-state index contributed by atoms with van der Waals surface area (Å²) in [5, 5.41) is 0. The zero-order chi connectivity index (χ0) is 24.0. The van der Waals surface area contributed by atoms with Crippen LogP contribution in [0.25, 0.3) is 0 Å². The van der Waals surface area contributed by atoms with Crippen LogP contribution in [0.4, 0.5) is 0 Å². The van der Waals surface area contributed by atoms with E-state index in [0.717, 1.165) is 89.6 Å². The molecular formula is C29H46O5. The molecule has 2 unspecified atom stereocenters. The predicted octanol–water partition coefficient (Wildman–Crippen LogP) is 6.71. The minimum atomic E-state index is -0.188. The van der Waals surface area contributed by atoms with E-state index >= 15 is 0 Å². The summed E-state index contributed by atoms with van der Waals surface area (Å²) in [6.07, 6.45) is 17.0. The first-order valence-electron chi connectivity index (χ1n) is 13.8. The van der Waals surface area contributed by atoms with E-state index in [-0.39, 0.29) is 30.0 Å². The second kappa shape index (κ2) is 12.2. The lowest BCUT2D eigenvalue weighted by Crippen LogP contribution is -2.34. The Morgan fingerprint density at radius 3 is 2.50 bits per heavy atom. The third kappa shape index (κ3) is 6.95. The first-order chi connectivity index (χ1) is 16.4. The van der Waals surface area contributed by atoms with Gasteiger partial charge in [-0.25, -0.2) is 0 Å². The van der Waals surface area contributed by atoms with E-state index in [9.17, 15) is 4.79 Å². The normalized spacial score (nSPS) is 34.8. The highest BCUT2D eigenvalue weighted by molar-refractivity contribution is 5.81. The van der Waals surface area contributed by atoms with Gasteiger partial charge in [-0.1, -0.05) is 19.9 Å². The Morgan fingerprint density at radius 2 is 1.82 bits per heavy atom. The fraction of sp³-hybridized carbons (Fsp3) is 0.828. The lowest BCUT2D eigenvalue weighted by Gasteiger charge is -2.34. The van der Waals surface area contributed by atoms with Crippen molar-refractivity contribution in [2.45, 2.75) is 116 Å². The van der Waals surface area contributed by atoms with Gasteiger partial charge in [0.15, 0.2) is 12.6 Å². The lowest BCUT2D eigenvalue weighted by atomic mass is 9.82. The van der Waals surface area contributed by atoms with Gasteiger partial charge in [0, 0.05) is 31.8 Å². The largest absolute Gasteiger partial charge is 0.469 e. The van der Waals surface area contributed by atoms with Crippen LogP contribution in [0.15, 0.2) is 24.5 Å². The van der Waals surface area contributed by atoms with Crippen LogP contribution in [0.5, 0.6) is 0 Å². The van der Waals surface area contributed by atoms with Crippen LogP contribution in [0.1, 0.15) is 97.3 Å². The Morgan fingerprint density at radius 1 is 1.09 bits per heavy atom. The van der Waals surface area contributed by atoms with Crippen molar-refractivity contribution >= 4 is 5.78 Å². The van der Waals surface area contributed by atoms with Gasteiger partial charge in [-0.15, -0.1) is 6.58 Å². The number of carbonyl (C=O) groups excluding carboxylic acids is 1. The molecule has 4 fully saturated rings. The zero-order valence-corrected chi connectivity index (χ0v) is 21.5. The second-order valence-electron chi connectivity index (χ2n) is 11.7. The molecule has 0 spiro atoms. The van der Waals surface area contributed by atoms with Gasteiger partial charge in [-0.05, 0) is 87.5 Å². The van der Waals surface area contributed by atoms with Crippen LogP contribution < -0.4 is 0 Å². The minimum Gasteiger partial charge on any atom is -0.469 e. The topological polar surface area (TPSA) is 54.0 Å². The van der Waals surface area contributed by atoms with Gasteiger partial charge in [0.1, 0.15) is 11.5 Å². The Bertz CT molecular complexity index is 701. The van der Waals surface area contributed by atoms with Gasteiger partial charge in [0.05, 0.1) is 12.7 Å². The molecule has 2 saturated carbocycles. The molecule has 0 aromatic rings. The molecule has 6 atom stereocenters. The maximum atomic E-state index is 12.4. The molecule has 0 aromatic carbocycles. The van der Waals surface area contributed by atoms with E-state index < -0.39 is 0 Å². The van der Waals surface area contributed by atoms with Crippen molar-refractivity contribution in [1.29, 1.82) is 0 Å². The maximum absolute atomic E-state index is 12.4. The average molecular weight is 475 g/mol. The first-order valence-corrected chi connectivity index (χ1v) is 13.8. The average Bonchev–Trinajstić information content (AvgIpc) is 3.33. The number of carbonyl (C=O) groups is 1. The van der Waals surface area contributed by atoms with Crippen LogP contribution in [-0.4, -0.2) is 37.7 Å². The minimum absolute atomic E-state index is 0.0462. The summed E-state index contributed by atoms with van der Waals surface area (Å²) in [7, 11) is 0. The van der Waals surface area contributed by atoms with Gasteiger partial charge in [-0.2, -0.15) is 0 Å². The molecule has 0 amide bonds. The van der Waals surface area contributed by atoms with Crippen molar-refractivity contribution in [2.24, 2.45) is 23.2 Å². The number of rotatable bonds is 11. The Hall–Kier alpha value is -1.17. The molecule has 0 N–H and O–H groups in total. The summed E-state index contributed by atoms with van der Waals surface area (Å²) in [5.74, 6) is 2.21. The molecule has 4 rings (SSSR count). The number of hydrogen-bond acceptors (Lipinski definition) is 5. The summed E-state index contributed by atoms with van der Waals surface area (Å²) in [4.78, 5) is 12.4. The molecule has 2 aliphatic carbocycles. The zero-order valence-electron chi connectivity index (χ0n) is 21.5. The maximum Gasteiger partial charge on any atom is 0.199 e. The Kier molecular flexibility index (Phi) is 9.28. The van der Waals surface area contributed by atoms with E-state index in [2.05, 4.69) is 26.5 Å². The number of unbranched alkanes of at least 4 members (excludes halogenated alkanes) is 1. The highest BCUT2D eigenvalue weighted by atomic mass is 16.7. The third-order valence-electron chi connectivity index (χ3n) is 8.27. The van der Waals surface area contributed by atoms with Crippen molar-refractivity contribution < 1.29 is 23.7 Å². The molecule has 4 aliphatic rings. The summed E-state index contributed by atoms with van der Waals surface area (Å²) in [6.45, 7) is 10.1. The molecule has 0 bridgehead atoms. The molecule has 5 heteroatoms. The highest BCUT2D eigenvalue weighted by Crippen LogP contribution is 2.51. The fourth-order valence-corrected chi connectivity index (χ4v) is 6.33. The van der Waals surface area contributed by atoms with Crippen LogP contribution in [0, 0.1) is 23.2 Å². The SMILES string of the molecule is C=CCCCC(C)(C)CC=C(OC1CCCCO1)[C@H]1[C@@H]2CC(=O)C[C@@H]2C[C@@H]1OC1CCCCO1. The second-order valence-corrected chi connectivity index (χ2v) is 11.7. The molecule has 2 aliphatic heterocycles. The standard InChI is InChI=1S/C29H46O5/c1-4-5-8-14-29(2,3)15-13-24(33-26-11-6-9-16-31-26)28-23-20-22(30)18-21(23)19-25(28)34-27-12-7-10-17-32-27/h4,13,21,23,25-28H,1,5-12,14-20H2,2-3H3/t21-,23-,25+,26?,27?,28-/m1/s1. The first kappa shape index (κ1) is 25.9. The number of allylic oxidation sites excluding steroid dienone is 2. The van der Waals surface area contributed by atoms with Crippen LogP contribution in [0.2, 0.25) is 0 Å². The van der Waals surface area contributed by atoms with Crippen LogP contribution in [-0.2, 0) is 23.7 Å². The van der Waals surface area contributed by atoms with E-state index in [1.807, 2.05) is 6.08 Å². The number of hydrogen-bond donors (Lipinski definition) is 0. The van der Waals surface area contributed by atoms with Gasteiger partial charge < -0.3 is 18.9 Å². The summed E-state index contributed by atoms with van der Waals surface area (Å²) < 4.78 is 25.2. The van der Waals surface area contributed by atoms with Crippen molar-refractivity contribution in [3.05, 3.63) is 24.5 Å². The van der Waals surface area contributed by atoms with Crippen molar-refractivity contribution in [2.75, 3.05) is 13.2 Å². The summed E-state index contributed by atoms with van der Waals surface area (Å²) in [5.41, 5.74) is 0.178. The molecule has 5 nitrogen and oxygen atoms in total. The summed E-state index contributed by atoms with van der Waals surface area (Å²) in [6, 6.07) is 0. The van der Waals surface area contributed by atoms with E-state index in [0.29, 0.717) is 30.5 Å². The molecule has 192 valence electrons. The fourth-order valence-electron chi connectivity index (χ4n) is 6.33. The quantitative estimate of drug-likeness (QED) is 0.189. The van der Waals surface area contributed by atoms with Crippen molar-refractivity contribution in [1.82, 2.24) is 0 Å². The molecule has 2 heterocycles. The van der Waals surface area contributed by atoms with Gasteiger partial charge >= 0.3 is 0 Å². The number of Topliss-reactive ketones (excluding diaryl/α,β-unsaturated/α-hetero) is 1. The monoisotopic (exact) mass is 474 g/mol. The molecule has 2 saturated heterocycles. The molecular weight excluding hydrogens is 428 g/mol. The lowest BCUT2D eigenvalue weighted by molar-refractivity contribution is -0.201. The predicted molar refractivity (Wildman–Crippen MR) is 133 cm³/mol. The smallest absolute Gasteiger partial charge is 0.199 e. The van der Waals surface area contributed by atoms with Gasteiger partial charge in [0.2, 0.25) is 0 Å². The summed E-state index contributed by atoms with van der Waals surface area (Å²) >= 11 is 0. The van der Waals surface area contributed by atoms with E-state index in [4.69, 9.17) is 18.9 Å². The van der Waals surface area contributed by atoms with Crippen molar-refractivity contribution in [3.8, 4) is 0 Å². The Labute approximate surface area is 206 Å². The van der Waals surface area contributed by atoms with Gasteiger partial charge in [-0.3, -0.25) is 4.79 Å².